The van der Waals surface area contributed by atoms with Gasteiger partial charge in [-0.05, 0) is 19.1 Å². The number of amides is 1. The van der Waals surface area contributed by atoms with Gasteiger partial charge in [-0.3, -0.25) is 4.79 Å². The minimum absolute atomic E-state index is 0.00597. The van der Waals surface area contributed by atoms with Crippen LogP contribution in [-0.2, 0) is 4.79 Å². The standard InChI is InChI=1S/C11H11FN2O2/c1-7(6-13)11(15)14-10-5-8(16-2)3-4-9(10)12/h3-5,7H,1-2H3,(H,14,15)/t7-/m1/s1. The molecule has 0 radical (unpaired) electrons. The summed E-state index contributed by atoms with van der Waals surface area (Å²) < 4.78 is 18.2. The molecule has 0 saturated carbocycles. The van der Waals surface area contributed by atoms with Gasteiger partial charge < -0.3 is 10.1 Å². The number of hydrogen-bond donors (Lipinski definition) is 1. The Morgan fingerprint density at radius 3 is 2.88 bits per heavy atom. The summed E-state index contributed by atoms with van der Waals surface area (Å²) in [6.45, 7) is 1.44. The average Bonchev–Trinajstić information content (AvgIpc) is 2.30. The lowest BCUT2D eigenvalue weighted by Gasteiger charge is -2.08. The molecule has 0 saturated heterocycles. The fraction of sp³-hybridized carbons (Fsp3) is 0.273. The third-order valence-electron chi connectivity index (χ3n) is 2.02. The van der Waals surface area contributed by atoms with E-state index in [0.717, 1.165) is 0 Å². The van der Waals surface area contributed by atoms with Crippen LogP contribution < -0.4 is 10.1 Å². The van der Waals surface area contributed by atoms with E-state index in [1.54, 1.807) is 6.07 Å². The molecule has 0 spiro atoms. The number of nitrogens with one attached hydrogen (secondary N) is 1. The molecular weight excluding hydrogens is 211 g/mol. The quantitative estimate of drug-likeness (QED) is 0.849. The highest BCUT2D eigenvalue weighted by Gasteiger charge is 2.14. The molecule has 0 aromatic heterocycles. The number of ether oxygens (including phenoxy) is 1. The van der Waals surface area contributed by atoms with Gasteiger partial charge in [0.2, 0.25) is 5.91 Å². The van der Waals surface area contributed by atoms with Crippen molar-refractivity contribution in [3.05, 3.63) is 24.0 Å². The van der Waals surface area contributed by atoms with E-state index in [9.17, 15) is 9.18 Å². The van der Waals surface area contributed by atoms with Gasteiger partial charge in [0.1, 0.15) is 17.5 Å². The van der Waals surface area contributed by atoms with Gasteiger partial charge in [0, 0.05) is 6.07 Å². The summed E-state index contributed by atoms with van der Waals surface area (Å²) in [5, 5.41) is 10.8. The van der Waals surface area contributed by atoms with Crippen molar-refractivity contribution < 1.29 is 13.9 Å². The molecule has 0 aliphatic rings. The molecule has 1 N–H and O–H groups in total. The molecular formula is C11H11FN2O2. The Labute approximate surface area is 92.6 Å². The van der Waals surface area contributed by atoms with Crippen LogP contribution in [0.5, 0.6) is 5.75 Å². The Kier molecular flexibility index (Phi) is 3.84. The van der Waals surface area contributed by atoms with Crippen molar-refractivity contribution >= 4 is 11.6 Å². The first-order valence-corrected chi connectivity index (χ1v) is 4.62. The largest absolute Gasteiger partial charge is 0.497 e. The summed E-state index contributed by atoms with van der Waals surface area (Å²) in [7, 11) is 1.44. The Balaban J connectivity index is 2.89. The van der Waals surface area contributed by atoms with Crippen molar-refractivity contribution in [1.29, 1.82) is 5.26 Å². The van der Waals surface area contributed by atoms with Gasteiger partial charge in [0.25, 0.3) is 0 Å². The first kappa shape index (κ1) is 12.0. The minimum atomic E-state index is -0.828. The minimum Gasteiger partial charge on any atom is -0.497 e. The van der Waals surface area contributed by atoms with Crippen LogP contribution in [0.3, 0.4) is 0 Å². The Morgan fingerprint density at radius 1 is 1.62 bits per heavy atom. The molecule has 4 nitrogen and oxygen atoms in total. The monoisotopic (exact) mass is 222 g/mol. The zero-order chi connectivity index (χ0) is 12.1. The van der Waals surface area contributed by atoms with Crippen LogP contribution in [0.4, 0.5) is 10.1 Å². The van der Waals surface area contributed by atoms with Crippen LogP contribution in [0.25, 0.3) is 0 Å². The number of carbonyl (C=O) groups excluding carboxylic acids is 1. The van der Waals surface area contributed by atoms with Crippen LogP contribution in [0.15, 0.2) is 18.2 Å². The second-order valence-corrected chi connectivity index (χ2v) is 3.19. The van der Waals surface area contributed by atoms with Crippen molar-refractivity contribution in [3.8, 4) is 11.8 Å². The molecule has 5 heteroatoms. The molecule has 0 aliphatic carbocycles. The van der Waals surface area contributed by atoms with Crippen LogP contribution >= 0.6 is 0 Å². The van der Waals surface area contributed by atoms with Gasteiger partial charge >= 0.3 is 0 Å². The maximum atomic E-state index is 13.3. The molecule has 16 heavy (non-hydrogen) atoms. The Morgan fingerprint density at radius 2 is 2.31 bits per heavy atom. The van der Waals surface area contributed by atoms with Crippen LogP contribution in [0.1, 0.15) is 6.92 Å². The topological polar surface area (TPSA) is 62.1 Å². The number of methoxy groups -OCH3 is 1. The van der Waals surface area contributed by atoms with E-state index in [1.165, 1.54) is 32.2 Å². The van der Waals surface area contributed by atoms with E-state index >= 15 is 0 Å². The number of rotatable bonds is 3. The predicted octanol–water partition coefficient (Wildman–Crippen LogP) is 1.93. The summed E-state index contributed by atoms with van der Waals surface area (Å²) in [5.41, 5.74) is 0.00597. The maximum Gasteiger partial charge on any atom is 0.241 e. The molecule has 1 rings (SSSR count). The van der Waals surface area contributed by atoms with Gasteiger partial charge in [-0.25, -0.2) is 4.39 Å². The number of nitriles is 1. The summed E-state index contributed by atoms with van der Waals surface area (Å²) in [4.78, 5) is 11.4. The highest BCUT2D eigenvalue weighted by Crippen LogP contribution is 2.21. The van der Waals surface area contributed by atoms with Crippen molar-refractivity contribution in [1.82, 2.24) is 0 Å². The lowest BCUT2D eigenvalue weighted by atomic mass is 10.2. The second-order valence-electron chi connectivity index (χ2n) is 3.19. The number of benzene rings is 1. The lowest BCUT2D eigenvalue weighted by Crippen LogP contribution is -2.19. The molecule has 0 bridgehead atoms. The van der Waals surface area contributed by atoms with Gasteiger partial charge in [0.05, 0.1) is 18.9 Å². The van der Waals surface area contributed by atoms with Crippen molar-refractivity contribution in [2.75, 3.05) is 12.4 Å². The molecule has 0 heterocycles. The molecule has 1 amide bonds. The fourth-order valence-corrected chi connectivity index (χ4v) is 1.03. The second kappa shape index (κ2) is 5.12. The van der Waals surface area contributed by atoms with Gasteiger partial charge in [-0.1, -0.05) is 0 Å². The molecule has 1 aromatic rings. The molecule has 0 unspecified atom stereocenters. The van der Waals surface area contributed by atoms with Crippen LogP contribution in [0.2, 0.25) is 0 Å². The molecule has 0 fully saturated rings. The highest BCUT2D eigenvalue weighted by atomic mass is 19.1. The summed E-state index contributed by atoms with van der Waals surface area (Å²) >= 11 is 0. The molecule has 84 valence electrons. The summed E-state index contributed by atoms with van der Waals surface area (Å²) in [6, 6.07) is 5.75. The first-order valence-electron chi connectivity index (χ1n) is 4.62. The van der Waals surface area contributed by atoms with Crippen molar-refractivity contribution in [3.63, 3.8) is 0 Å². The van der Waals surface area contributed by atoms with Gasteiger partial charge in [-0.15, -0.1) is 0 Å². The number of halogens is 1. The smallest absolute Gasteiger partial charge is 0.241 e. The zero-order valence-corrected chi connectivity index (χ0v) is 8.95. The van der Waals surface area contributed by atoms with Gasteiger partial charge in [0.15, 0.2) is 0 Å². The van der Waals surface area contributed by atoms with E-state index in [0.29, 0.717) is 5.75 Å². The maximum absolute atomic E-state index is 13.3. The third kappa shape index (κ3) is 2.70. The molecule has 0 aliphatic heterocycles. The lowest BCUT2D eigenvalue weighted by molar-refractivity contribution is -0.117. The van der Waals surface area contributed by atoms with E-state index in [-0.39, 0.29) is 5.69 Å². The zero-order valence-electron chi connectivity index (χ0n) is 8.95. The first-order chi connectivity index (χ1) is 7.58. The Hall–Kier alpha value is -2.09. The number of anilines is 1. The number of nitrogens with zero attached hydrogens (tertiary/aromatic N) is 1. The number of carbonyl (C=O) groups is 1. The normalized spacial score (nSPS) is 11.4. The fourth-order valence-electron chi connectivity index (χ4n) is 1.03. The SMILES string of the molecule is COc1ccc(F)c(NC(=O)[C@H](C)C#N)c1. The summed E-state index contributed by atoms with van der Waals surface area (Å²) in [5.74, 6) is -1.51. The Bertz CT molecular complexity index is 440. The van der Waals surface area contributed by atoms with Crippen LogP contribution in [-0.4, -0.2) is 13.0 Å². The average molecular weight is 222 g/mol. The van der Waals surface area contributed by atoms with Crippen molar-refractivity contribution in [2.45, 2.75) is 6.92 Å². The van der Waals surface area contributed by atoms with E-state index in [4.69, 9.17) is 10.00 Å². The molecule has 1 aromatic carbocycles. The van der Waals surface area contributed by atoms with E-state index in [2.05, 4.69) is 5.32 Å². The van der Waals surface area contributed by atoms with Crippen molar-refractivity contribution in [2.24, 2.45) is 5.92 Å². The predicted molar refractivity (Wildman–Crippen MR) is 56.4 cm³/mol. The van der Waals surface area contributed by atoms with E-state index < -0.39 is 17.6 Å². The third-order valence-corrected chi connectivity index (χ3v) is 2.02. The van der Waals surface area contributed by atoms with Gasteiger partial charge in [-0.2, -0.15) is 5.26 Å². The van der Waals surface area contributed by atoms with Crippen LogP contribution in [0, 0.1) is 23.1 Å². The molecule has 1 atom stereocenters. The van der Waals surface area contributed by atoms with E-state index in [1.807, 2.05) is 0 Å². The summed E-state index contributed by atoms with van der Waals surface area (Å²) in [6.07, 6.45) is 0. The highest BCUT2D eigenvalue weighted by molar-refractivity contribution is 5.94. The number of hydrogen-bond acceptors (Lipinski definition) is 3.